The van der Waals surface area contributed by atoms with Gasteiger partial charge in [-0.15, -0.1) is 0 Å². The second-order valence-corrected chi connectivity index (χ2v) is 5.48. The third-order valence-electron chi connectivity index (χ3n) is 2.06. The number of nitrogens with zero attached hydrogens (tertiary/aromatic N) is 4. The van der Waals surface area contributed by atoms with Gasteiger partial charge in [-0.3, -0.25) is 10.1 Å². The lowest BCUT2D eigenvalue weighted by Gasteiger charge is -2.27. The van der Waals surface area contributed by atoms with Crippen LogP contribution in [0.2, 0.25) is 0 Å². The van der Waals surface area contributed by atoms with Crippen molar-refractivity contribution in [2.24, 2.45) is 5.10 Å². The third kappa shape index (κ3) is 3.02. The van der Waals surface area contributed by atoms with Crippen LogP contribution >= 0.6 is 34.8 Å². The normalized spacial score (nSPS) is 20.6. The standard InChI is InChI=1S/C7H11Cl3N4O2/c1-2-3-4-13-6(14(15)16)12(5-11-13)7(8,9)10/h5-6H,2-4H2,1H3. The second kappa shape index (κ2) is 5.25. The molecule has 0 saturated heterocycles. The predicted molar refractivity (Wildman–Crippen MR) is 63.0 cm³/mol. The summed E-state index contributed by atoms with van der Waals surface area (Å²) in [5.74, 6) is 0. The Bertz CT molecular complexity index is 294. The van der Waals surface area contributed by atoms with Crippen LogP contribution in [-0.4, -0.2) is 37.9 Å². The minimum Gasteiger partial charge on any atom is -0.261 e. The Hall–Kier alpha value is -0.460. The van der Waals surface area contributed by atoms with Gasteiger partial charge < -0.3 is 0 Å². The molecular formula is C7H11Cl3N4O2. The van der Waals surface area contributed by atoms with Gasteiger partial charge in [0.05, 0.1) is 4.92 Å². The van der Waals surface area contributed by atoms with Gasteiger partial charge in [0, 0.05) is 6.54 Å². The summed E-state index contributed by atoms with van der Waals surface area (Å²) in [7, 11) is 0. The Kier molecular flexibility index (Phi) is 4.46. The number of hydrazone groups is 1. The average Bonchev–Trinajstić information content (AvgIpc) is 2.57. The maximum Gasteiger partial charge on any atom is 0.387 e. The van der Waals surface area contributed by atoms with Gasteiger partial charge in [0.15, 0.2) is 0 Å². The molecule has 0 aliphatic carbocycles. The quantitative estimate of drug-likeness (QED) is 0.345. The molecule has 0 aromatic heterocycles. The SMILES string of the molecule is CCCCN1N=CN(C(Cl)(Cl)Cl)C1[N+](=O)[O-]. The van der Waals surface area contributed by atoms with Crippen molar-refractivity contribution < 1.29 is 4.92 Å². The highest BCUT2D eigenvalue weighted by Crippen LogP contribution is 2.34. The number of unbranched alkanes of at least 4 members (excludes halogenated alkanes) is 1. The minimum absolute atomic E-state index is 0.454. The first kappa shape index (κ1) is 13.6. The monoisotopic (exact) mass is 288 g/mol. The molecule has 0 saturated carbocycles. The van der Waals surface area contributed by atoms with Gasteiger partial charge in [0.1, 0.15) is 6.34 Å². The molecule has 1 heterocycles. The Morgan fingerprint density at radius 1 is 1.56 bits per heavy atom. The largest absolute Gasteiger partial charge is 0.387 e. The Morgan fingerprint density at radius 3 is 2.62 bits per heavy atom. The number of rotatable bonds is 4. The van der Waals surface area contributed by atoms with E-state index in [1.54, 1.807) is 0 Å². The van der Waals surface area contributed by atoms with Crippen molar-refractivity contribution in [1.29, 1.82) is 0 Å². The molecule has 1 atom stereocenters. The fourth-order valence-electron chi connectivity index (χ4n) is 1.28. The van der Waals surface area contributed by atoms with E-state index in [1.165, 1.54) is 11.3 Å². The van der Waals surface area contributed by atoms with E-state index in [4.69, 9.17) is 34.8 Å². The molecule has 9 heteroatoms. The van der Waals surface area contributed by atoms with E-state index in [9.17, 15) is 10.1 Å². The average molecular weight is 290 g/mol. The maximum atomic E-state index is 10.9. The van der Waals surface area contributed by atoms with Gasteiger partial charge >= 0.3 is 6.29 Å². The molecular weight excluding hydrogens is 278 g/mol. The molecule has 0 aromatic rings. The molecule has 0 fully saturated rings. The lowest BCUT2D eigenvalue weighted by atomic mass is 10.3. The van der Waals surface area contributed by atoms with Crippen LogP contribution in [0.1, 0.15) is 19.8 Å². The third-order valence-corrected chi connectivity index (χ3v) is 2.65. The lowest BCUT2D eigenvalue weighted by Crippen LogP contribution is -2.50. The maximum absolute atomic E-state index is 10.9. The van der Waals surface area contributed by atoms with Crippen molar-refractivity contribution in [2.75, 3.05) is 6.54 Å². The van der Waals surface area contributed by atoms with Gasteiger partial charge in [0.25, 0.3) is 3.92 Å². The molecule has 0 aromatic carbocycles. The van der Waals surface area contributed by atoms with E-state index in [-0.39, 0.29) is 0 Å². The molecule has 92 valence electrons. The van der Waals surface area contributed by atoms with Gasteiger partial charge in [-0.1, -0.05) is 48.1 Å². The molecule has 0 radical (unpaired) electrons. The highest BCUT2D eigenvalue weighted by Gasteiger charge is 2.47. The Labute approximate surface area is 108 Å². The molecule has 16 heavy (non-hydrogen) atoms. The van der Waals surface area contributed by atoms with Crippen LogP contribution in [-0.2, 0) is 0 Å². The van der Waals surface area contributed by atoms with Crippen LogP contribution in [0, 0.1) is 10.1 Å². The number of nitro groups is 1. The van der Waals surface area contributed by atoms with E-state index < -0.39 is 15.1 Å². The van der Waals surface area contributed by atoms with Crippen LogP contribution in [0.25, 0.3) is 0 Å². The summed E-state index contributed by atoms with van der Waals surface area (Å²) >= 11 is 16.8. The van der Waals surface area contributed by atoms with Crippen molar-refractivity contribution in [3.8, 4) is 0 Å². The van der Waals surface area contributed by atoms with Gasteiger partial charge in [0.2, 0.25) is 0 Å². The Morgan fingerprint density at radius 2 is 2.19 bits per heavy atom. The lowest BCUT2D eigenvalue weighted by molar-refractivity contribution is -0.571. The molecule has 1 aliphatic rings. The van der Waals surface area contributed by atoms with Crippen molar-refractivity contribution >= 4 is 41.1 Å². The topological polar surface area (TPSA) is 62.0 Å². The first-order valence-corrected chi connectivity index (χ1v) is 5.80. The van der Waals surface area contributed by atoms with E-state index in [0.717, 1.165) is 17.7 Å². The van der Waals surface area contributed by atoms with E-state index in [0.29, 0.717) is 6.54 Å². The molecule has 0 amide bonds. The molecule has 0 N–H and O–H groups in total. The number of hydrogen-bond donors (Lipinski definition) is 0. The number of alkyl halides is 3. The van der Waals surface area contributed by atoms with Crippen LogP contribution in [0.15, 0.2) is 5.10 Å². The predicted octanol–water partition coefficient (Wildman–Crippen LogP) is 2.24. The van der Waals surface area contributed by atoms with Crippen molar-refractivity contribution in [2.45, 2.75) is 30.0 Å². The zero-order valence-corrected chi connectivity index (χ0v) is 10.8. The smallest absolute Gasteiger partial charge is 0.261 e. The molecule has 6 nitrogen and oxygen atoms in total. The molecule has 0 spiro atoms. The molecule has 1 rings (SSSR count). The molecule has 1 aliphatic heterocycles. The second-order valence-electron chi connectivity index (χ2n) is 3.25. The molecule has 1 unspecified atom stereocenters. The zero-order valence-electron chi connectivity index (χ0n) is 8.52. The van der Waals surface area contributed by atoms with Crippen LogP contribution in [0.5, 0.6) is 0 Å². The van der Waals surface area contributed by atoms with Crippen molar-refractivity contribution in [1.82, 2.24) is 9.91 Å². The fraction of sp³-hybridized carbons (Fsp3) is 0.857. The summed E-state index contributed by atoms with van der Waals surface area (Å²) in [5.41, 5.74) is 0. The van der Waals surface area contributed by atoms with Gasteiger partial charge in [-0.25, -0.2) is 9.91 Å². The number of hydrogen-bond acceptors (Lipinski definition) is 5. The number of halogens is 3. The summed E-state index contributed by atoms with van der Waals surface area (Å²) in [5, 5.41) is 16.1. The summed E-state index contributed by atoms with van der Waals surface area (Å²) < 4.78 is -1.87. The van der Waals surface area contributed by atoms with E-state index >= 15 is 0 Å². The summed E-state index contributed by atoms with van der Waals surface area (Å²) in [4.78, 5) is 11.3. The van der Waals surface area contributed by atoms with Crippen LogP contribution in [0.4, 0.5) is 0 Å². The van der Waals surface area contributed by atoms with Crippen LogP contribution < -0.4 is 0 Å². The summed E-state index contributed by atoms with van der Waals surface area (Å²) in [6, 6.07) is 0. The van der Waals surface area contributed by atoms with Crippen LogP contribution in [0.3, 0.4) is 0 Å². The van der Waals surface area contributed by atoms with Crippen molar-refractivity contribution in [3.63, 3.8) is 0 Å². The van der Waals surface area contributed by atoms with E-state index in [2.05, 4.69) is 5.10 Å². The summed E-state index contributed by atoms with van der Waals surface area (Å²) in [6.45, 7) is 2.43. The van der Waals surface area contributed by atoms with Crippen molar-refractivity contribution in [3.05, 3.63) is 10.1 Å². The highest BCUT2D eigenvalue weighted by atomic mass is 35.6. The van der Waals surface area contributed by atoms with Gasteiger partial charge in [-0.05, 0) is 6.42 Å². The zero-order chi connectivity index (χ0) is 12.3. The minimum atomic E-state index is -1.87. The summed E-state index contributed by atoms with van der Waals surface area (Å²) in [6.07, 6.45) is 1.62. The first-order chi connectivity index (χ1) is 7.38. The fourth-order valence-corrected chi connectivity index (χ4v) is 1.68. The highest BCUT2D eigenvalue weighted by molar-refractivity contribution is 6.67. The van der Waals surface area contributed by atoms with E-state index in [1.807, 2.05) is 6.92 Å². The molecule has 0 bridgehead atoms. The first-order valence-electron chi connectivity index (χ1n) is 4.67. The van der Waals surface area contributed by atoms with Gasteiger partial charge in [-0.2, -0.15) is 5.10 Å². The Balaban J connectivity index is 2.77.